The largest absolute Gasteiger partial charge is 0.490 e. The van der Waals surface area contributed by atoms with Crippen molar-refractivity contribution in [2.24, 2.45) is 0 Å². The Bertz CT molecular complexity index is 369. The first kappa shape index (κ1) is 12.4. The Hall–Kier alpha value is -1.02. The zero-order chi connectivity index (χ0) is 12.3. The Morgan fingerprint density at radius 2 is 2.12 bits per heavy atom. The summed E-state index contributed by atoms with van der Waals surface area (Å²) in [6, 6.07) is 6.17. The third-order valence-corrected chi connectivity index (χ3v) is 3.61. The molecule has 2 heteroatoms. The van der Waals surface area contributed by atoms with Gasteiger partial charge in [0.05, 0.1) is 12.2 Å². The molecule has 0 fully saturated rings. The highest BCUT2D eigenvalue weighted by Crippen LogP contribution is 2.32. The average Bonchev–Trinajstić information content (AvgIpc) is 2.37. The molecule has 1 aromatic rings. The van der Waals surface area contributed by atoms with Crippen LogP contribution in [0, 0.1) is 0 Å². The molecule has 0 unspecified atom stereocenters. The van der Waals surface area contributed by atoms with Crippen LogP contribution in [0.2, 0.25) is 0 Å². The van der Waals surface area contributed by atoms with Gasteiger partial charge in [-0.05, 0) is 55.4 Å². The second kappa shape index (κ2) is 5.54. The highest BCUT2D eigenvalue weighted by molar-refractivity contribution is 5.38. The Morgan fingerprint density at radius 3 is 2.82 bits per heavy atom. The summed E-state index contributed by atoms with van der Waals surface area (Å²) in [6.45, 7) is 4.28. The van der Waals surface area contributed by atoms with Crippen LogP contribution in [0.15, 0.2) is 18.2 Å². The van der Waals surface area contributed by atoms with Crippen LogP contribution in [0.25, 0.3) is 0 Å². The molecule has 1 atom stereocenters. The first-order chi connectivity index (χ1) is 8.24. The maximum atomic E-state index is 9.98. The van der Waals surface area contributed by atoms with Gasteiger partial charge in [0.1, 0.15) is 5.75 Å². The monoisotopic (exact) mass is 234 g/mol. The maximum Gasteiger partial charge on any atom is 0.120 e. The summed E-state index contributed by atoms with van der Waals surface area (Å²) in [4.78, 5) is 0. The number of hydrogen-bond acceptors (Lipinski definition) is 2. The Balaban J connectivity index is 2.17. The van der Waals surface area contributed by atoms with Crippen LogP contribution in [0.1, 0.15) is 56.8 Å². The number of fused-ring (bicyclic) bond motifs is 1. The van der Waals surface area contributed by atoms with Gasteiger partial charge in [-0.15, -0.1) is 0 Å². The number of hydrogen-bond donors (Lipinski definition) is 1. The van der Waals surface area contributed by atoms with Gasteiger partial charge < -0.3 is 9.84 Å². The summed E-state index contributed by atoms with van der Waals surface area (Å²) in [6.07, 6.45) is 5.07. The number of aryl methyl sites for hydroxylation is 1. The van der Waals surface area contributed by atoms with Gasteiger partial charge in [-0.1, -0.05) is 19.9 Å². The van der Waals surface area contributed by atoms with Crippen LogP contribution in [0.5, 0.6) is 5.75 Å². The van der Waals surface area contributed by atoms with Crippen LogP contribution < -0.4 is 4.74 Å². The lowest BCUT2D eigenvalue weighted by molar-refractivity contribution is 0.154. The van der Waals surface area contributed by atoms with Crippen LogP contribution in [-0.2, 0) is 6.42 Å². The normalized spacial score (nSPS) is 19.2. The molecule has 0 spiro atoms. The highest BCUT2D eigenvalue weighted by Gasteiger charge is 2.18. The smallest absolute Gasteiger partial charge is 0.120 e. The first-order valence-corrected chi connectivity index (χ1v) is 6.72. The minimum Gasteiger partial charge on any atom is -0.490 e. The van der Waals surface area contributed by atoms with E-state index in [4.69, 9.17) is 4.74 Å². The summed E-state index contributed by atoms with van der Waals surface area (Å²) in [5.41, 5.74) is 2.35. The standard InChI is InChI=1S/C15H22O2/c1-3-12(4-2)17-13-9-8-11-6-5-7-15(16)14(11)10-13/h8-10,12,15-16H,3-7H2,1-2H3/t15-/m1/s1. The fourth-order valence-corrected chi connectivity index (χ4v) is 2.47. The number of benzene rings is 1. The zero-order valence-electron chi connectivity index (χ0n) is 10.8. The summed E-state index contributed by atoms with van der Waals surface area (Å²) in [5, 5.41) is 9.98. The van der Waals surface area contributed by atoms with Crippen molar-refractivity contribution >= 4 is 0 Å². The molecule has 94 valence electrons. The highest BCUT2D eigenvalue weighted by atomic mass is 16.5. The fourth-order valence-electron chi connectivity index (χ4n) is 2.47. The second-order valence-corrected chi connectivity index (χ2v) is 4.83. The molecule has 2 rings (SSSR count). The Kier molecular flexibility index (Phi) is 4.06. The molecule has 0 aromatic heterocycles. The molecule has 0 amide bonds. The van der Waals surface area contributed by atoms with E-state index in [1.165, 1.54) is 5.56 Å². The van der Waals surface area contributed by atoms with E-state index in [-0.39, 0.29) is 12.2 Å². The lowest BCUT2D eigenvalue weighted by atomic mass is 9.89. The van der Waals surface area contributed by atoms with E-state index in [9.17, 15) is 5.11 Å². The van der Waals surface area contributed by atoms with E-state index in [2.05, 4.69) is 19.9 Å². The second-order valence-electron chi connectivity index (χ2n) is 4.83. The van der Waals surface area contributed by atoms with Crippen molar-refractivity contribution in [2.75, 3.05) is 0 Å². The third-order valence-electron chi connectivity index (χ3n) is 3.61. The molecule has 0 bridgehead atoms. The lowest BCUT2D eigenvalue weighted by Gasteiger charge is -2.23. The van der Waals surface area contributed by atoms with Crippen LogP contribution in [-0.4, -0.2) is 11.2 Å². The molecule has 2 nitrogen and oxygen atoms in total. The van der Waals surface area contributed by atoms with Gasteiger partial charge in [-0.25, -0.2) is 0 Å². The molecular weight excluding hydrogens is 212 g/mol. The van der Waals surface area contributed by atoms with E-state index in [0.29, 0.717) is 0 Å². The van der Waals surface area contributed by atoms with Gasteiger partial charge in [-0.3, -0.25) is 0 Å². The topological polar surface area (TPSA) is 29.5 Å². The van der Waals surface area contributed by atoms with Crippen molar-refractivity contribution in [3.8, 4) is 5.75 Å². The van der Waals surface area contributed by atoms with Crippen LogP contribution >= 0.6 is 0 Å². The van der Waals surface area contributed by atoms with Gasteiger partial charge in [0.15, 0.2) is 0 Å². The van der Waals surface area contributed by atoms with Gasteiger partial charge in [0.25, 0.3) is 0 Å². The van der Waals surface area contributed by atoms with Crippen molar-refractivity contribution in [1.82, 2.24) is 0 Å². The van der Waals surface area contributed by atoms with Crippen LogP contribution in [0.3, 0.4) is 0 Å². The molecule has 1 aromatic carbocycles. The first-order valence-electron chi connectivity index (χ1n) is 6.72. The Labute approximate surface area is 104 Å². The average molecular weight is 234 g/mol. The maximum absolute atomic E-state index is 9.98. The van der Waals surface area contributed by atoms with Crippen molar-refractivity contribution in [2.45, 2.75) is 58.2 Å². The van der Waals surface area contributed by atoms with E-state index in [1.54, 1.807) is 0 Å². The van der Waals surface area contributed by atoms with Gasteiger partial charge in [0, 0.05) is 0 Å². The molecule has 0 heterocycles. The van der Waals surface area contributed by atoms with E-state index in [0.717, 1.165) is 43.4 Å². The molecule has 1 aliphatic rings. The third kappa shape index (κ3) is 2.81. The predicted molar refractivity (Wildman–Crippen MR) is 69.3 cm³/mol. The SMILES string of the molecule is CCC(CC)Oc1ccc2c(c1)[C@H](O)CCC2. The lowest BCUT2D eigenvalue weighted by Crippen LogP contribution is -2.15. The minimum atomic E-state index is -0.302. The molecule has 0 radical (unpaired) electrons. The Morgan fingerprint density at radius 1 is 1.35 bits per heavy atom. The number of aliphatic hydroxyl groups excluding tert-OH is 1. The number of ether oxygens (including phenoxy) is 1. The van der Waals surface area contributed by atoms with Crippen molar-refractivity contribution < 1.29 is 9.84 Å². The summed E-state index contributed by atoms with van der Waals surface area (Å²) >= 11 is 0. The summed E-state index contributed by atoms with van der Waals surface area (Å²) < 4.78 is 5.92. The van der Waals surface area contributed by atoms with Gasteiger partial charge in [0.2, 0.25) is 0 Å². The molecule has 1 aliphatic carbocycles. The molecule has 0 saturated carbocycles. The molecule has 0 aliphatic heterocycles. The van der Waals surface area contributed by atoms with Gasteiger partial charge >= 0.3 is 0 Å². The van der Waals surface area contributed by atoms with Crippen molar-refractivity contribution in [1.29, 1.82) is 0 Å². The quantitative estimate of drug-likeness (QED) is 0.862. The minimum absolute atomic E-state index is 0.286. The molecular formula is C15H22O2. The zero-order valence-corrected chi connectivity index (χ0v) is 10.8. The van der Waals surface area contributed by atoms with E-state index >= 15 is 0 Å². The predicted octanol–water partition coefficient (Wildman–Crippen LogP) is 3.62. The number of aliphatic hydroxyl groups is 1. The van der Waals surface area contributed by atoms with Crippen LogP contribution in [0.4, 0.5) is 0 Å². The molecule has 0 saturated heterocycles. The number of rotatable bonds is 4. The molecule has 17 heavy (non-hydrogen) atoms. The van der Waals surface area contributed by atoms with E-state index in [1.807, 2.05) is 12.1 Å². The van der Waals surface area contributed by atoms with Gasteiger partial charge in [-0.2, -0.15) is 0 Å². The van der Waals surface area contributed by atoms with Crippen molar-refractivity contribution in [3.05, 3.63) is 29.3 Å². The summed E-state index contributed by atoms with van der Waals surface area (Å²) in [7, 11) is 0. The molecule has 1 N–H and O–H groups in total. The van der Waals surface area contributed by atoms with Crippen molar-refractivity contribution in [3.63, 3.8) is 0 Å². The van der Waals surface area contributed by atoms with E-state index < -0.39 is 0 Å². The summed E-state index contributed by atoms with van der Waals surface area (Å²) in [5.74, 6) is 0.901. The fraction of sp³-hybridized carbons (Fsp3) is 0.600.